The second-order valence-corrected chi connectivity index (χ2v) is 5.96. The summed E-state index contributed by atoms with van der Waals surface area (Å²) < 4.78 is 1.14. The Morgan fingerprint density at radius 1 is 0.895 bits per heavy atom. The van der Waals surface area contributed by atoms with E-state index in [9.17, 15) is 0 Å². The molecule has 0 saturated heterocycles. The third kappa shape index (κ3) is 4.54. The lowest BCUT2D eigenvalue weighted by atomic mass is 10.1. The molecule has 0 aromatic heterocycles. The van der Waals surface area contributed by atoms with Crippen molar-refractivity contribution in [1.82, 2.24) is 0 Å². The molecule has 2 rings (SSSR count). The van der Waals surface area contributed by atoms with Crippen LogP contribution in [0.1, 0.15) is 39.0 Å². The number of fused-ring (bicyclic) bond motifs is 1. The summed E-state index contributed by atoms with van der Waals surface area (Å²) in [5.41, 5.74) is 1.23. The molecule has 0 heterocycles. The molecule has 2 aromatic rings. The summed E-state index contributed by atoms with van der Waals surface area (Å²) in [7, 11) is 0. The largest absolute Gasteiger partial charge is 0.385 e. The number of anilines is 1. The summed E-state index contributed by atoms with van der Waals surface area (Å²) in [6.07, 6.45) is 6.64. The van der Waals surface area contributed by atoms with Crippen LogP contribution in [0.25, 0.3) is 10.8 Å². The number of hydrogen-bond donors (Lipinski definition) is 1. The van der Waals surface area contributed by atoms with Gasteiger partial charge in [0.25, 0.3) is 0 Å². The van der Waals surface area contributed by atoms with Crippen LogP contribution in [0.5, 0.6) is 0 Å². The fourth-order valence-corrected chi connectivity index (χ4v) is 2.67. The van der Waals surface area contributed by atoms with E-state index in [-0.39, 0.29) is 0 Å². The summed E-state index contributed by atoms with van der Waals surface area (Å²) in [6, 6.07) is 13.0. The number of hydrogen-bond acceptors (Lipinski definition) is 1. The SMILES string of the molecule is CCCCCCCNc1ccc2cc(Br)ccc2c1. The molecule has 0 unspecified atom stereocenters. The summed E-state index contributed by atoms with van der Waals surface area (Å²) in [5, 5.41) is 6.09. The van der Waals surface area contributed by atoms with E-state index in [2.05, 4.69) is 64.6 Å². The minimum absolute atomic E-state index is 1.08. The molecule has 0 aliphatic rings. The van der Waals surface area contributed by atoms with E-state index in [0.29, 0.717) is 0 Å². The third-order valence-corrected chi connectivity index (χ3v) is 3.90. The van der Waals surface area contributed by atoms with E-state index >= 15 is 0 Å². The predicted octanol–water partition coefficient (Wildman–Crippen LogP) is 5.98. The van der Waals surface area contributed by atoms with Gasteiger partial charge >= 0.3 is 0 Å². The standard InChI is InChI=1S/C17H22BrN/c1-2-3-4-5-6-11-19-17-10-8-14-12-16(18)9-7-15(14)13-17/h7-10,12-13,19H,2-6,11H2,1H3. The van der Waals surface area contributed by atoms with Crippen LogP contribution in [0.4, 0.5) is 5.69 Å². The maximum atomic E-state index is 3.52. The van der Waals surface area contributed by atoms with E-state index in [1.807, 2.05) is 0 Å². The first-order chi connectivity index (χ1) is 9.29. The zero-order valence-corrected chi connectivity index (χ0v) is 13.2. The molecular weight excluding hydrogens is 298 g/mol. The van der Waals surface area contributed by atoms with E-state index in [1.54, 1.807) is 0 Å². The topological polar surface area (TPSA) is 12.0 Å². The highest BCUT2D eigenvalue weighted by molar-refractivity contribution is 9.10. The molecule has 0 bridgehead atoms. The Morgan fingerprint density at radius 3 is 2.47 bits per heavy atom. The number of benzene rings is 2. The monoisotopic (exact) mass is 319 g/mol. The van der Waals surface area contributed by atoms with Crippen molar-refractivity contribution in [2.75, 3.05) is 11.9 Å². The van der Waals surface area contributed by atoms with Crippen LogP contribution in [0.15, 0.2) is 40.9 Å². The van der Waals surface area contributed by atoms with Gasteiger partial charge < -0.3 is 5.32 Å². The first-order valence-electron chi connectivity index (χ1n) is 7.23. The Kier molecular flexibility index (Phi) is 5.71. The molecule has 0 saturated carbocycles. The molecule has 1 N–H and O–H groups in total. The molecule has 0 aliphatic carbocycles. The molecule has 2 heteroatoms. The first-order valence-corrected chi connectivity index (χ1v) is 8.02. The summed E-state index contributed by atoms with van der Waals surface area (Å²) in [6.45, 7) is 3.33. The fraction of sp³-hybridized carbons (Fsp3) is 0.412. The maximum Gasteiger partial charge on any atom is 0.0346 e. The van der Waals surface area contributed by atoms with Gasteiger partial charge in [0.05, 0.1) is 0 Å². The van der Waals surface area contributed by atoms with Gasteiger partial charge in [-0.25, -0.2) is 0 Å². The van der Waals surface area contributed by atoms with Crippen molar-refractivity contribution in [2.45, 2.75) is 39.0 Å². The van der Waals surface area contributed by atoms with Crippen LogP contribution in [-0.2, 0) is 0 Å². The average Bonchev–Trinajstić information content (AvgIpc) is 2.43. The van der Waals surface area contributed by atoms with Crippen LogP contribution < -0.4 is 5.32 Å². The van der Waals surface area contributed by atoms with E-state index in [1.165, 1.54) is 48.6 Å². The van der Waals surface area contributed by atoms with Crippen molar-refractivity contribution >= 4 is 32.4 Å². The van der Waals surface area contributed by atoms with Gasteiger partial charge in [-0.3, -0.25) is 0 Å². The lowest BCUT2D eigenvalue weighted by Crippen LogP contribution is -2.01. The van der Waals surface area contributed by atoms with E-state index < -0.39 is 0 Å². The van der Waals surface area contributed by atoms with Crippen molar-refractivity contribution in [3.63, 3.8) is 0 Å². The van der Waals surface area contributed by atoms with Crippen molar-refractivity contribution in [3.8, 4) is 0 Å². The molecule has 102 valence electrons. The van der Waals surface area contributed by atoms with Gasteiger partial charge in [0.1, 0.15) is 0 Å². The van der Waals surface area contributed by atoms with Crippen LogP contribution in [-0.4, -0.2) is 6.54 Å². The molecule has 2 aromatic carbocycles. The van der Waals surface area contributed by atoms with Gasteiger partial charge in [-0.2, -0.15) is 0 Å². The van der Waals surface area contributed by atoms with Gasteiger partial charge in [-0.15, -0.1) is 0 Å². The van der Waals surface area contributed by atoms with Crippen molar-refractivity contribution in [1.29, 1.82) is 0 Å². The van der Waals surface area contributed by atoms with Crippen molar-refractivity contribution in [2.24, 2.45) is 0 Å². The van der Waals surface area contributed by atoms with Gasteiger partial charge in [0, 0.05) is 16.7 Å². The zero-order valence-electron chi connectivity index (χ0n) is 11.6. The lowest BCUT2D eigenvalue weighted by Gasteiger charge is -2.08. The molecule has 0 amide bonds. The highest BCUT2D eigenvalue weighted by Gasteiger charge is 1.97. The van der Waals surface area contributed by atoms with Gasteiger partial charge in [0.15, 0.2) is 0 Å². The third-order valence-electron chi connectivity index (χ3n) is 3.41. The Labute approximate surface area is 124 Å². The lowest BCUT2D eigenvalue weighted by molar-refractivity contribution is 0.645. The molecular formula is C17H22BrN. The quantitative estimate of drug-likeness (QED) is 0.618. The number of rotatable bonds is 7. The first kappa shape index (κ1) is 14.4. The van der Waals surface area contributed by atoms with Crippen molar-refractivity contribution < 1.29 is 0 Å². The molecule has 0 fully saturated rings. The Balaban J connectivity index is 1.86. The van der Waals surface area contributed by atoms with Crippen molar-refractivity contribution in [3.05, 3.63) is 40.9 Å². The fourth-order valence-electron chi connectivity index (χ4n) is 2.29. The minimum Gasteiger partial charge on any atom is -0.385 e. The van der Waals surface area contributed by atoms with E-state index in [0.717, 1.165) is 11.0 Å². The second-order valence-electron chi connectivity index (χ2n) is 5.05. The zero-order chi connectivity index (χ0) is 13.5. The molecule has 0 radical (unpaired) electrons. The Hall–Kier alpha value is -1.02. The highest BCUT2D eigenvalue weighted by Crippen LogP contribution is 2.23. The summed E-state index contributed by atoms with van der Waals surface area (Å²) >= 11 is 3.51. The van der Waals surface area contributed by atoms with Gasteiger partial charge in [0.2, 0.25) is 0 Å². The summed E-state index contributed by atoms with van der Waals surface area (Å²) in [4.78, 5) is 0. The van der Waals surface area contributed by atoms with Crippen LogP contribution in [0.3, 0.4) is 0 Å². The number of nitrogens with one attached hydrogen (secondary N) is 1. The number of halogens is 1. The van der Waals surface area contributed by atoms with Crippen LogP contribution in [0.2, 0.25) is 0 Å². The smallest absolute Gasteiger partial charge is 0.0346 e. The van der Waals surface area contributed by atoms with Crippen LogP contribution in [0, 0.1) is 0 Å². The molecule has 1 nitrogen and oxygen atoms in total. The Bertz CT molecular complexity index is 522. The van der Waals surface area contributed by atoms with Gasteiger partial charge in [-0.1, -0.05) is 60.7 Å². The minimum atomic E-state index is 1.08. The highest BCUT2D eigenvalue weighted by atomic mass is 79.9. The normalized spacial score (nSPS) is 10.8. The molecule has 0 spiro atoms. The number of unbranched alkanes of at least 4 members (excludes halogenated alkanes) is 4. The molecule has 0 aliphatic heterocycles. The maximum absolute atomic E-state index is 3.52. The van der Waals surface area contributed by atoms with Crippen LogP contribution >= 0.6 is 15.9 Å². The molecule has 0 atom stereocenters. The van der Waals surface area contributed by atoms with Gasteiger partial charge in [-0.05, 0) is 41.5 Å². The Morgan fingerprint density at radius 2 is 1.63 bits per heavy atom. The van der Waals surface area contributed by atoms with E-state index in [4.69, 9.17) is 0 Å². The predicted molar refractivity (Wildman–Crippen MR) is 88.9 cm³/mol. The second kappa shape index (κ2) is 7.54. The average molecular weight is 320 g/mol. The summed E-state index contributed by atoms with van der Waals surface area (Å²) in [5.74, 6) is 0. The molecule has 19 heavy (non-hydrogen) atoms.